The van der Waals surface area contributed by atoms with Gasteiger partial charge < -0.3 is 10.5 Å². The number of hydrogen-bond acceptors (Lipinski definition) is 2. The Bertz CT molecular complexity index is 540. The molecule has 0 heterocycles. The number of benzene rings is 2. The van der Waals surface area contributed by atoms with Gasteiger partial charge in [-0.05, 0) is 18.2 Å². The lowest BCUT2D eigenvalue weighted by molar-refractivity contribution is 0.439. The molecular formula is C12H8ClF2NO. The molecule has 17 heavy (non-hydrogen) atoms. The van der Waals surface area contributed by atoms with E-state index in [0.29, 0.717) is 0 Å². The van der Waals surface area contributed by atoms with Crippen molar-refractivity contribution in [1.29, 1.82) is 0 Å². The van der Waals surface area contributed by atoms with Gasteiger partial charge in [0.15, 0.2) is 11.6 Å². The highest BCUT2D eigenvalue weighted by Crippen LogP contribution is 2.29. The molecule has 2 rings (SSSR count). The van der Waals surface area contributed by atoms with E-state index in [1.54, 1.807) is 0 Å². The van der Waals surface area contributed by atoms with Gasteiger partial charge in [0.25, 0.3) is 0 Å². The smallest absolute Gasteiger partial charge is 0.184 e. The third-order valence-electron chi connectivity index (χ3n) is 2.04. The van der Waals surface area contributed by atoms with E-state index in [2.05, 4.69) is 0 Å². The Labute approximate surface area is 102 Å². The van der Waals surface area contributed by atoms with E-state index in [4.69, 9.17) is 22.1 Å². The number of halogens is 3. The zero-order chi connectivity index (χ0) is 12.4. The number of nitrogens with two attached hydrogens (primary N) is 1. The Morgan fingerprint density at radius 3 is 2.59 bits per heavy atom. The Morgan fingerprint density at radius 1 is 1.12 bits per heavy atom. The van der Waals surface area contributed by atoms with E-state index in [0.717, 1.165) is 12.1 Å². The van der Waals surface area contributed by atoms with Gasteiger partial charge in [0, 0.05) is 17.8 Å². The SMILES string of the molecule is Nc1cc(F)cc(Oc2cccc(Cl)c2F)c1. The Morgan fingerprint density at radius 2 is 1.88 bits per heavy atom. The molecule has 0 atom stereocenters. The molecule has 2 N–H and O–H groups in total. The topological polar surface area (TPSA) is 35.2 Å². The summed E-state index contributed by atoms with van der Waals surface area (Å²) in [5.74, 6) is -1.22. The molecule has 0 unspecified atom stereocenters. The molecule has 2 nitrogen and oxygen atoms in total. The zero-order valence-corrected chi connectivity index (χ0v) is 9.34. The van der Waals surface area contributed by atoms with Crippen molar-refractivity contribution in [3.8, 4) is 11.5 Å². The fourth-order valence-corrected chi connectivity index (χ4v) is 1.50. The predicted molar refractivity (Wildman–Crippen MR) is 62.3 cm³/mol. The van der Waals surface area contributed by atoms with E-state index in [9.17, 15) is 8.78 Å². The summed E-state index contributed by atoms with van der Waals surface area (Å²) in [6.45, 7) is 0. The monoisotopic (exact) mass is 255 g/mol. The molecule has 88 valence electrons. The number of anilines is 1. The van der Waals surface area contributed by atoms with Crippen LogP contribution in [0.25, 0.3) is 0 Å². The molecule has 2 aromatic carbocycles. The minimum Gasteiger partial charge on any atom is -0.454 e. The molecule has 0 saturated heterocycles. The van der Waals surface area contributed by atoms with Crippen LogP contribution in [0.15, 0.2) is 36.4 Å². The third kappa shape index (κ3) is 2.65. The fraction of sp³-hybridized carbons (Fsp3) is 0. The summed E-state index contributed by atoms with van der Waals surface area (Å²) in [5, 5.41) is -0.0631. The molecule has 0 radical (unpaired) electrons. The maximum absolute atomic E-state index is 13.5. The van der Waals surface area contributed by atoms with Gasteiger partial charge in [-0.3, -0.25) is 0 Å². The van der Waals surface area contributed by atoms with Crippen LogP contribution >= 0.6 is 11.6 Å². The van der Waals surface area contributed by atoms with Crippen LogP contribution in [0.2, 0.25) is 5.02 Å². The van der Waals surface area contributed by atoms with Crippen LogP contribution < -0.4 is 10.5 Å². The van der Waals surface area contributed by atoms with E-state index < -0.39 is 11.6 Å². The first-order valence-electron chi connectivity index (χ1n) is 4.74. The summed E-state index contributed by atoms with van der Waals surface area (Å²) in [5.41, 5.74) is 5.64. The van der Waals surface area contributed by atoms with E-state index in [-0.39, 0.29) is 22.2 Å². The van der Waals surface area contributed by atoms with Gasteiger partial charge in [-0.15, -0.1) is 0 Å². The third-order valence-corrected chi connectivity index (χ3v) is 2.33. The van der Waals surface area contributed by atoms with Crippen LogP contribution in [0.3, 0.4) is 0 Å². The molecule has 0 aliphatic heterocycles. The Balaban J connectivity index is 2.34. The summed E-state index contributed by atoms with van der Waals surface area (Å²) in [6, 6.07) is 7.96. The van der Waals surface area contributed by atoms with E-state index >= 15 is 0 Å². The van der Waals surface area contributed by atoms with Gasteiger partial charge in [-0.1, -0.05) is 17.7 Å². The highest BCUT2D eigenvalue weighted by atomic mass is 35.5. The molecule has 0 aromatic heterocycles. The quantitative estimate of drug-likeness (QED) is 0.824. The molecule has 0 saturated carbocycles. The first kappa shape index (κ1) is 11.7. The first-order chi connectivity index (χ1) is 8.06. The molecule has 0 aliphatic rings. The van der Waals surface area contributed by atoms with Crippen LogP contribution in [0, 0.1) is 11.6 Å². The van der Waals surface area contributed by atoms with Gasteiger partial charge in [0.05, 0.1) is 5.02 Å². The summed E-state index contributed by atoms with van der Waals surface area (Å²) in [4.78, 5) is 0. The van der Waals surface area contributed by atoms with Crippen molar-refractivity contribution in [3.63, 3.8) is 0 Å². The molecule has 0 aliphatic carbocycles. The van der Waals surface area contributed by atoms with Gasteiger partial charge in [0.1, 0.15) is 11.6 Å². The second kappa shape index (κ2) is 4.59. The van der Waals surface area contributed by atoms with Crippen LogP contribution in [-0.4, -0.2) is 0 Å². The van der Waals surface area contributed by atoms with Crippen molar-refractivity contribution < 1.29 is 13.5 Å². The molecule has 0 bridgehead atoms. The molecule has 2 aromatic rings. The lowest BCUT2D eigenvalue weighted by Crippen LogP contribution is -1.92. The minimum atomic E-state index is -0.697. The summed E-state index contributed by atoms with van der Waals surface area (Å²) >= 11 is 5.59. The maximum Gasteiger partial charge on any atom is 0.184 e. The normalized spacial score (nSPS) is 10.3. The second-order valence-corrected chi connectivity index (χ2v) is 3.78. The van der Waals surface area contributed by atoms with Crippen LogP contribution in [-0.2, 0) is 0 Å². The number of nitrogen functional groups attached to an aromatic ring is 1. The summed E-state index contributed by atoms with van der Waals surface area (Å²) in [7, 11) is 0. The predicted octanol–water partition coefficient (Wildman–Crippen LogP) is 3.99. The molecule has 5 heteroatoms. The van der Waals surface area contributed by atoms with Crippen molar-refractivity contribution in [2.75, 3.05) is 5.73 Å². The van der Waals surface area contributed by atoms with Gasteiger partial charge in [0.2, 0.25) is 0 Å². The van der Waals surface area contributed by atoms with Gasteiger partial charge in [-0.2, -0.15) is 0 Å². The highest BCUT2D eigenvalue weighted by Gasteiger charge is 2.09. The first-order valence-corrected chi connectivity index (χ1v) is 5.12. The summed E-state index contributed by atoms with van der Waals surface area (Å²) < 4.78 is 31.7. The number of rotatable bonds is 2. The van der Waals surface area contributed by atoms with Crippen molar-refractivity contribution in [1.82, 2.24) is 0 Å². The number of ether oxygens (including phenoxy) is 1. The van der Waals surface area contributed by atoms with Crippen molar-refractivity contribution in [2.45, 2.75) is 0 Å². The lowest BCUT2D eigenvalue weighted by Gasteiger charge is -2.08. The van der Waals surface area contributed by atoms with E-state index in [1.165, 1.54) is 24.3 Å². The lowest BCUT2D eigenvalue weighted by atomic mass is 10.3. The maximum atomic E-state index is 13.5. The fourth-order valence-electron chi connectivity index (χ4n) is 1.33. The van der Waals surface area contributed by atoms with Crippen molar-refractivity contribution in [3.05, 3.63) is 53.1 Å². The highest BCUT2D eigenvalue weighted by molar-refractivity contribution is 6.30. The number of hydrogen-bond donors (Lipinski definition) is 1. The second-order valence-electron chi connectivity index (χ2n) is 3.37. The van der Waals surface area contributed by atoms with E-state index in [1.807, 2.05) is 0 Å². The zero-order valence-electron chi connectivity index (χ0n) is 8.58. The van der Waals surface area contributed by atoms with Crippen LogP contribution in [0.5, 0.6) is 11.5 Å². The van der Waals surface area contributed by atoms with Crippen molar-refractivity contribution >= 4 is 17.3 Å². The van der Waals surface area contributed by atoms with Crippen LogP contribution in [0.1, 0.15) is 0 Å². The Hall–Kier alpha value is -1.81. The van der Waals surface area contributed by atoms with Gasteiger partial charge >= 0.3 is 0 Å². The molecular weight excluding hydrogens is 248 g/mol. The molecule has 0 fully saturated rings. The average Bonchev–Trinajstić information content (AvgIpc) is 2.23. The average molecular weight is 256 g/mol. The standard InChI is InChI=1S/C12H8ClF2NO/c13-10-2-1-3-11(12(10)15)17-9-5-7(14)4-8(16)6-9/h1-6H,16H2. The van der Waals surface area contributed by atoms with Crippen molar-refractivity contribution in [2.24, 2.45) is 0 Å². The Kier molecular flexibility index (Phi) is 3.15. The summed E-state index contributed by atoms with van der Waals surface area (Å²) in [6.07, 6.45) is 0. The minimum absolute atomic E-state index is 0.0631. The van der Waals surface area contributed by atoms with Crippen LogP contribution in [0.4, 0.5) is 14.5 Å². The largest absolute Gasteiger partial charge is 0.454 e. The molecule has 0 spiro atoms. The van der Waals surface area contributed by atoms with Gasteiger partial charge in [-0.25, -0.2) is 8.78 Å². The molecule has 0 amide bonds.